The number of ketones is 1. The van der Waals surface area contributed by atoms with Gasteiger partial charge in [-0.3, -0.25) is 9.59 Å². The van der Waals surface area contributed by atoms with E-state index in [1.807, 2.05) is 40.1 Å². The van der Waals surface area contributed by atoms with Crippen LogP contribution in [0.5, 0.6) is 0 Å². The summed E-state index contributed by atoms with van der Waals surface area (Å²) in [7, 11) is 1.76. The summed E-state index contributed by atoms with van der Waals surface area (Å²) in [5.74, 6) is -0.0862. The first-order valence-electron chi connectivity index (χ1n) is 11.2. The molecular weight excluding hydrogens is 422 g/mol. The zero-order valence-corrected chi connectivity index (χ0v) is 20.7. The number of Topliss-reactive ketones (excluding diaryl/α,β-unsaturated/α-hetero) is 1. The molecule has 1 fully saturated rings. The van der Waals surface area contributed by atoms with Crippen molar-refractivity contribution >= 4 is 23.0 Å². The van der Waals surface area contributed by atoms with Gasteiger partial charge in [-0.25, -0.2) is 4.98 Å². The van der Waals surface area contributed by atoms with Gasteiger partial charge in [0, 0.05) is 19.4 Å². The Hall–Kier alpha value is -2.09. The number of thiazole rings is 1. The lowest BCUT2D eigenvalue weighted by Gasteiger charge is -2.34. The van der Waals surface area contributed by atoms with E-state index < -0.39 is 18.2 Å². The molecule has 0 saturated carbocycles. The lowest BCUT2D eigenvalue weighted by molar-refractivity contribution is -0.141. The average Bonchev–Trinajstić information content (AvgIpc) is 3.33. The van der Waals surface area contributed by atoms with Gasteiger partial charge in [0.2, 0.25) is 5.91 Å². The van der Waals surface area contributed by atoms with Crippen molar-refractivity contribution in [3.05, 3.63) is 41.0 Å². The predicted molar refractivity (Wildman–Crippen MR) is 129 cm³/mol. The summed E-state index contributed by atoms with van der Waals surface area (Å²) in [5, 5.41) is 13.3. The summed E-state index contributed by atoms with van der Waals surface area (Å²) in [6.07, 6.45) is -0.0241. The molecule has 3 rings (SSSR count). The normalized spacial score (nSPS) is 20.9. The number of nitrogens with one attached hydrogen (secondary N) is 1. The molecule has 1 aromatic heterocycles. The maximum Gasteiger partial charge on any atom is 0.240 e. The number of hydrogen-bond acceptors (Lipinski definition) is 6. The monoisotopic (exact) mass is 457 g/mol. The van der Waals surface area contributed by atoms with Crippen LogP contribution >= 0.6 is 11.3 Å². The third-order valence-electron chi connectivity index (χ3n) is 6.33. The first-order chi connectivity index (χ1) is 15.0. The molecule has 2 heterocycles. The van der Waals surface area contributed by atoms with Crippen LogP contribution in [-0.2, 0) is 9.59 Å². The van der Waals surface area contributed by atoms with Crippen molar-refractivity contribution in [1.82, 2.24) is 15.2 Å². The summed E-state index contributed by atoms with van der Waals surface area (Å²) >= 11 is 1.62. The van der Waals surface area contributed by atoms with E-state index in [1.165, 1.54) is 0 Å². The molecule has 1 aromatic carbocycles. The second-order valence-corrected chi connectivity index (χ2v) is 10.8. The van der Waals surface area contributed by atoms with Crippen molar-refractivity contribution in [1.29, 1.82) is 0 Å². The Bertz CT molecular complexity index is 948. The van der Waals surface area contributed by atoms with Gasteiger partial charge in [-0.1, -0.05) is 52.0 Å². The van der Waals surface area contributed by atoms with Gasteiger partial charge >= 0.3 is 0 Å². The second kappa shape index (κ2) is 9.81. The van der Waals surface area contributed by atoms with Crippen molar-refractivity contribution < 1.29 is 14.7 Å². The lowest BCUT2D eigenvalue weighted by atomic mass is 9.85. The quantitative estimate of drug-likeness (QED) is 0.661. The number of carbonyl (C=O) groups is 2. The van der Waals surface area contributed by atoms with Crippen molar-refractivity contribution in [3.63, 3.8) is 0 Å². The maximum absolute atomic E-state index is 13.2. The van der Waals surface area contributed by atoms with Gasteiger partial charge in [0.25, 0.3) is 0 Å². The van der Waals surface area contributed by atoms with Gasteiger partial charge in [-0.05, 0) is 36.4 Å². The number of aliphatic hydroxyl groups is 1. The number of β-amino-alcohol motifs (C(OH)–C–C–N with tert-alkyl or cyclic N) is 1. The highest BCUT2D eigenvalue weighted by atomic mass is 32.1. The molecule has 0 spiro atoms. The second-order valence-electron chi connectivity index (χ2n) is 9.94. The summed E-state index contributed by atoms with van der Waals surface area (Å²) < 4.78 is 0. The molecule has 174 valence electrons. The molecule has 2 aromatic rings. The highest BCUT2D eigenvalue weighted by Gasteiger charge is 2.43. The topological polar surface area (TPSA) is 82.5 Å². The Labute approximate surface area is 195 Å². The molecule has 32 heavy (non-hydrogen) atoms. The van der Waals surface area contributed by atoms with E-state index in [9.17, 15) is 14.7 Å². The molecule has 1 saturated heterocycles. The number of likely N-dealkylation sites (tertiary alicyclic amines) is 1. The molecule has 0 radical (unpaired) electrons. The molecule has 1 aliphatic heterocycles. The molecule has 4 atom stereocenters. The summed E-state index contributed by atoms with van der Waals surface area (Å²) in [4.78, 5) is 33.5. The van der Waals surface area contributed by atoms with Gasteiger partial charge < -0.3 is 15.3 Å². The Morgan fingerprint density at radius 3 is 2.47 bits per heavy atom. The number of rotatable bonds is 7. The van der Waals surface area contributed by atoms with Crippen LogP contribution in [0.3, 0.4) is 0 Å². The van der Waals surface area contributed by atoms with E-state index in [0.29, 0.717) is 12.8 Å². The molecule has 0 bridgehead atoms. The molecule has 6 nitrogen and oxygen atoms in total. The molecule has 0 aliphatic carbocycles. The minimum Gasteiger partial charge on any atom is -0.391 e. The fraction of sp³-hybridized carbons (Fsp3) is 0.560. The number of amides is 1. The van der Waals surface area contributed by atoms with Crippen LogP contribution in [0.25, 0.3) is 10.4 Å². The van der Waals surface area contributed by atoms with Crippen molar-refractivity contribution in [2.45, 2.75) is 71.6 Å². The SMILES string of the molecule is CN[C@H](C(=O)N1C[C@H](O)C[C@H]1C(=O)C[C@@H](C)c1ccc(-c2scnc2C)cc1)C(C)(C)C. The van der Waals surface area contributed by atoms with Crippen LogP contribution in [0.2, 0.25) is 0 Å². The van der Waals surface area contributed by atoms with Crippen molar-refractivity contribution in [2.24, 2.45) is 5.41 Å². The number of hydrogen-bond donors (Lipinski definition) is 2. The predicted octanol–water partition coefficient (Wildman–Crippen LogP) is 3.78. The Morgan fingerprint density at radius 1 is 1.28 bits per heavy atom. The number of aliphatic hydroxyl groups excluding tert-OH is 1. The van der Waals surface area contributed by atoms with Gasteiger partial charge in [0.1, 0.15) is 0 Å². The first kappa shape index (κ1) is 24.6. The van der Waals surface area contributed by atoms with Gasteiger partial charge in [-0.15, -0.1) is 11.3 Å². The third kappa shape index (κ3) is 5.27. The summed E-state index contributed by atoms with van der Waals surface area (Å²) in [5.41, 5.74) is 4.79. The molecule has 1 amide bonds. The first-order valence-corrected chi connectivity index (χ1v) is 12.1. The van der Waals surface area contributed by atoms with E-state index in [-0.39, 0.29) is 29.6 Å². The van der Waals surface area contributed by atoms with Crippen LogP contribution in [0.1, 0.15) is 57.7 Å². The minimum atomic E-state index is -0.664. The Balaban J connectivity index is 1.70. The number of aryl methyl sites for hydroxylation is 1. The fourth-order valence-corrected chi connectivity index (χ4v) is 5.36. The van der Waals surface area contributed by atoms with Gasteiger partial charge in [0.15, 0.2) is 5.78 Å². The van der Waals surface area contributed by atoms with Crippen LogP contribution < -0.4 is 5.32 Å². The van der Waals surface area contributed by atoms with Crippen LogP contribution in [0, 0.1) is 12.3 Å². The number of benzene rings is 1. The summed E-state index contributed by atoms with van der Waals surface area (Å²) in [6.45, 7) is 10.2. The summed E-state index contributed by atoms with van der Waals surface area (Å²) in [6, 6.07) is 7.30. The van der Waals surface area contributed by atoms with Gasteiger partial charge in [-0.2, -0.15) is 0 Å². The van der Waals surface area contributed by atoms with Crippen LogP contribution in [-0.4, -0.2) is 58.5 Å². The fourth-order valence-electron chi connectivity index (χ4n) is 4.55. The molecule has 7 heteroatoms. The minimum absolute atomic E-state index is 0.00791. The van der Waals surface area contributed by atoms with E-state index in [1.54, 1.807) is 23.3 Å². The van der Waals surface area contributed by atoms with Crippen LogP contribution in [0.15, 0.2) is 29.8 Å². The number of aromatic nitrogens is 1. The highest BCUT2D eigenvalue weighted by molar-refractivity contribution is 7.13. The van der Waals surface area contributed by atoms with Gasteiger partial charge in [0.05, 0.1) is 34.3 Å². The Morgan fingerprint density at radius 2 is 1.94 bits per heavy atom. The van der Waals surface area contributed by atoms with Crippen molar-refractivity contribution in [3.8, 4) is 10.4 Å². The Kier molecular flexibility index (Phi) is 7.53. The average molecular weight is 458 g/mol. The molecular formula is C25H35N3O3S. The van der Waals surface area contributed by atoms with E-state index in [0.717, 1.165) is 21.7 Å². The molecule has 1 aliphatic rings. The third-order valence-corrected chi connectivity index (χ3v) is 7.31. The van der Waals surface area contributed by atoms with E-state index >= 15 is 0 Å². The maximum atomic E-state index is 13.2. The standard InChI is InChI=1S/C25H35N3O3S/c1-15(17-7-9-18(10-8-17)22-16(2)27-14-32-22)11-21(30)20-12-19(29)13-28(20)24(31)23(26-6)25(3,4)5/h7-10,14-15,19-20,23,26,29H,11-13H2,1-6H3/t15-,19-,20+,23-/m1/s1. The number of nitrogens with zero attached hydrogens (tertiary/aromatic N) is 2. The van der Waals surface area contributed by atoms with E-state index in [2.05, 4.69) is 34.6 Å². The molecule has 0 unspecified atom stereocenters. The highest BCUT2D eigenvalue weighted by Crippen LogP contribution is 2.31. The largest absolute Gasteiger partial charge is 0.391 e. The number of carbonyl (C=O) groups excluding carboxylic acids is 2. The van der Waals surface area contributed by atoms with E-state index in [4.69, 9.17) is 0 Å². The van der Waals surface area contributed by atoms with Crippen molar-refractivity contribution in [2.75, 3.05) is 13.6 Å². The lowest BCUT2D eigenvalue weighted by Crippen LogP contribution is -2.54. The number of likely N-dealkylation sites (N-methyl/N-ethyl adjacent to an activating group) is 1. The smallest absolute Gasteiger partial charge is 0.240 e. The molecule has 2 N–H and O–H groups in total. The zero-order chi connectivity index (χ0) is 23.6. The van der Waals surface area contributed by atoms with Crippen LogP contribution in [0.4, 0.5) is 0 Å². The zero-order valence-electron chi connectivity index (χ0n) is 19.9.